The Balaban J connectivity index is 2.81. The Morgan fingerprint density at radius 2 is 1.72 bits per heavy atom. The fourth-order valence-corrected chi connectivity index (χ4v) is 1.84. The van der Waals surface area contributed by atoms with Gasteiger partial charge in [-0.3, -0.25) is 0 Å². The third-order valence-electron chi connectivity index (χ3n) is 3.05. The summed E-state index contributed by atoms with van der Waals surface area (Å²) >= 11 is 0. The maximum Gasteiger partial charge on any atom is 0.339 e. The highest BCUT2D eigenvalue weighted by atomic mass is 16.5. The average molecular weight is 352 g/mol. The number of hydrogen-bond acceptors (Lipinski definition) is 6. The molecule has 8 nitrogen and oxygen atoms in total. The Labute approximate surface area is 146 Å². The zero-order valence-corrected chi connectivity index (χ0v) is 15.0. The van der Waals surface area contributed by atoms with Gasteiger partial charge in [-0.2, -0.15) is 0 Å². The molecule has 1 aromatic rings. The Hall–Kier alpha value is -2.61. The highest BCUT2D eigenvalue weighted by Crippen LogP contribution is 2.16. The lowest BCUT2D eigenvalue weighted by Crippen LogP contribution is -2.47. The molecule has 0 saturated heterocycles. The lowest BCUT2D eigenvalue weighted by Gasteiger charge is -2.24. The Kier molecular flexibility index (Phi) is 7.38. The van der Waals surface area contributed by atoms with Gasteiger partial charge in [0, 0.05) is 0 Å². The molecule has 1 unspecified atom stereocenters. The van der Waals surface area contributed by atoms with Gasteiger partial charge in [-0.05, 0) is 32.9 Å². The van der Waals surface area contributed by atoms with E-state index in [9.17, 15) is 14.4 Å². The minimum atomic E-state index is -0.991. The number of para-hydroxylation sites is 1. The minimum Gasteiger partial charge on any atom is -0.467 e. The molecule has 2 N–H and O–H groups in total. The molecule has 1 aromatic carbocycles. The Bertz CT molecular complexity index is 624. The van der Waals surface area contributed by atoms with Crippen LogP contribution >= 0.6 is 0 Å². The molecule has 0 aliphatic heterocycles. The predicted molar refractivity (Wildman–Crippen MR) is 91.4 cm³/mol. The molecule has 1 rings (SSSR count). The third kappa shape index (κ3) is 6.80. The van der Waals surface area contributed by atoms with Crippen LogP contribution in [0.25, 0.3) is 0 Å². The van der Waals surface area contributed by atoms with Crippen LogP contribution < -0.4 is 10.6 Å². The molecule has 25 heavy (non-hydrogen) atoms. The topological polar surface area (TPSA) is 103 Å². The van der Waals surface area contributed by atoms with Crippen molar-refractivity contribution in [3.8, 4) is 0 Å². The molecular weight excluding hydrogens is 328 g/mol. The van der Waals surface area contributed by atoms with Gasteiger partial charge in [0.15, 0.2) is 6.04 Å². The number of ether oxygens (including phenoxy) is 3. The molecule has 0 radical (unpaired) electrons. The summed E-state index contributed by atoms with van der Waals surface area (Å²) in [5.74, 6) is -1.22. The van der Waals surface area contributed by atoms with E-state index in [0.717, 1.165) is 0 Å². The van der Waals surface area contributed by atoms with Crippen LogP contribution in [0.3, 0.4) is 0 Å². The van der Waals surface area contributed by atoms with Crippen LogP contribution in [0, 0.1) is 0 Å². The van der Waals surface area contributed by atoms with Gasteiger partial charge in [0.2, 0.25) is 0 Å². The molecule has 138 valence electrons. The van der Waals surface area contributed by atoms with E-state index in [1.54, 1.807) is 18.2 Å². The largest absolute Gasteiger partial charge is 0.467 e. The summed E-state index contributed by atoms with van der Waals surface area (Å²) in [6, 6.07) is 4.69. The van der Waals surface area contributed by atoms with Crippen LogP contribution in [0.2, 0.25) is 0 Å². The summed E-state index contributed by atoms with van der Waals surface area (Å²) in [6.07, 6.45) is 0. The first-order valence-corrected chi connectivity index (χ1v) is 7.64. The van der Waals surface area contributed by atoms with Crippen LogP contribution in [0.4, 0.5) is 10.5 Å². The first kappa shape index (κ1) is 20.4. The van der Waals surface area contributed by atoms with E-state index >= 15 is 0 Å². The number of nitrogens with one attached hydrogen (secondary N) is 2. The van der Waals surface area contributed by atoms with Crippen LogP contribution in [0.5, 0.6) is 0 Å². The predicted octanol–water partition coefficient (Wildman–Crippen LogP) is 1.95. The average Bonchev–Trinajstić information content (AvgIpc) is 2.56. The van der Waals surface area contributed by atoms with Gasteiger partial charge in [0.25, 0.3) is 0 Å². The summed E-state index contributed by atoms with van der Waals surface area (Å²) in [5.41, 5.74) is -0.0324. The SMILES string of the molecule is COC(=O)c1ccccc1NC(=O)NC(COC(C)(C)C)C(=O)OC. The number of benzene rings is 1. The second-order valence-corrected chi connectivity index (χ2v) is 6.13. The van der Waals surface area contributed by atoms with Crippen molar-refractivity contribution >= 4 is 23.7 Å². The molecule has 8 heteroatoms. The lowest BCUT2D eigenvalue weighted by atomic mass is 10.2. The summed E-state index contributed by atoms with van der Waals surface area (Å²) in [7, 11) is 2.47. The van der Waals surface area contributed by atoms with Gasteiger partial charge < -0.3 is 24.8 Å². The zero-order chi connectivity index (χ0) is 19.0. The fraction of sp³-hybridized carbons (Fsp3) is 0.471. The number of methoxy groups -OCH3 is 2. The number of hydrogen-bond donors (Lipinski definition) is 2. The molecule has 2 amide bonds. The molecule has 0 saturated carbocycles. The van der Waals surface area contributed by atoms with Crippen molar-refractivity contribution < 1.29 is 28.6 Å². The minimum absolute atomic E-state index is 0.0533. The Morgan fingerprint density at radius 3 is 2.28 bits per heavy atom. The molecule has 0 fully saturated rings. The van der Waals surface area contributed by atoms with Crippen molar-refractivity contribution in [1.82, 2.24) is 5.32 Å². The molecule has 0 aliphatic rings. The van der Waals surface area contributed by atoms with Crippen molar-refractivity contribution in [3.05, 3.63) is 29.8 Å². The second-order valence-electron chi connectivity index (χ2n) is 6.13. The third-order valence-corrected chi connectivity index (χ3v) is 3.05. The molecule has 0 bridgehead atoms. The number of amides is 2. The van der Waals surface area contributed by atoms with E-state index in [4.69, 9.17) is 4.74 Å². The van der Waals surface area contributed by atoms with Crippen molar-refractivity contribution in [3.63, 3.8) is 0 Å². The maximum absolute atomic E-state index is 12.2. The molecule has 0 aliphatic carbocycles. The molecule has 0 heterocycles. The maximum atomic E-state index is 12.2. The lowest BCUT2D eigenvalue weighted by molar-refractivity contribution is -0.145. The van der Waals surface area contributed by atoms with E-state index in [-0.39, 0.29) is 17.9 Å². The first-order valence-electron chi connectivity index (χ1n) is 7.64. The fourth-order valence-electron chi connectivity index (χ4n) is 1.84. The van der Waals surface area contributed by atoms with Gasteiger partial charge >= 0.3 is 18.0 Å². The highest BCUT2D eigenvalue weighted by Gasteiger charge is 2.25. The van der Waals surface area contributed by atoms with Crippen molar-refractivity contribution in [2.24, 2.45) is 0 Å². The van der Waals surface area contributed by atoms with E-state index in [2.05, 4.69) is 20.1 Å². The van der Waals surface area contributed by atoms with Crippen molar-refractivity contribution in [2.45, 2.75) is 32.4 Å². The van der Waals surface area contributed by atoms with Crippen LogP contribution in [-0.2, 0) is 19.0 Å². The number of urea groups is 1. The normalized spacial score (nSPS) is 12.0. The molecule has 1 atom stereocenters. The van der Waals surface area contributed by atoms with E-state index in [1.165, 1.54) is 20.3 Å². The van der Waals surface area contributed by atoms with Gasteiger partial charge in [0.1, 0.15) is 0 Å². The monoisotopic (exact) mass is 352 g/mol. The van der Waals surface area contributed by atoms with Crippen molar-refractivity contribution in [1.29, 1.82) is 0 Å². The number of esters is 2. The van der Waals surface area contributed by atoms with E-state index < -0.39 is 29.6 Å². The molecule has 0 spiro atoms. The zero-order valence-electron chi connectivity index (χ0n) is 15.0. The number of carbonyl (C=O) groups is 3. The van der Waals surface area contributed by atoms with Gasteiger partial charge in [-0.25, -0.2) is 14.4 Å². The summed E-state index contributed by atoms with van der Waals surface area (Å²) in [4.78, 5) is 35.7. The van der Waals surface area contributed by atoms with Crippen molar-refractivity contribution in [2.75, 3.05) is 26.1 Å². The van der Waals surface area contributed by atoms with Gasteiger partial charge in [-0.15, -0.1) is 0 Å². The van der Waals surface area contributed by atoms with Gasteiger partial charge in [0.05, 0.1) is 37.7 Å². The summed E-state index contributed by atoms with van der Waals surface area (Å²) in [5, 5.41) is 4.99. The van der Waals surface area contributed by atoms with E-state index in [1.807, 2.05) is 20.8 Å². The summed E-state index contributed by atoms with van der Waals surface area (Å²) < 4.78 is 14.9. The Morgan fingerprint density at radius 1 is 1.08 bits per heavy atom. The first-order chi connectivity index (χ1) is 11.7. The highest BCUT2D eigenvalue weighted by molar-refractivity contribution is 6.01. The standard InChI is InChI=1S/C17H24N2O6/c1-17(2,3)25-10-13(15(21)24-5)19-16(22)18-12-9-7-6-8-11(12)14(20)23-4/h6-9,13H,10H2,1-5H3,(H2,18,19,22). The van der Waals surface area contributed by atoms with Crippen LogP contribution in [0.1, 0.15) is 31.1 Å². The number of anilines is 1. The van der Waals surface area contributed by atoms with Gasteiger partial charge in [-0.1, -0.05) is 12.1 Å². The number of rotatable bonds is 6. The van der Waals surface area contributed by atoms with Crippen LogP contribution in [0.15, 0.2) is 24.3 Å². The molecule has 0 aromatic heterocycles. The second kappa shape index (κ2) is 9.03. The quantitative estimate of drug-likeness (QED) is 0.759. The smallest absolute Gasteiger partial charge is 0.339 e. The summed E-state index contributed by atoms with van der Waals surface area (Å²) in [6.45, 7) is 5.43. The number of carbonyl (C=O) groups excluding carboxylic acids is 3. The van der Waals surface area contributed by atoms with Crippen LogP contribution in [-0.4, -0.2) is 50.4 Å². The van der Waals surface area contributed by atoms with E-state index in [0.29, 0.717) is 0 Å². The molecular formula is C17H24N2O6.